The molecule has 0 saturated carbocycles. The van der Waals surface area contributed by atoms with E-state index >= 15 is 0 Å². The zero-order chi connectivity index (χ0) is 19.9. The Bertz CT molecular complexity index is 1040. The lowest BCUT2D eigenvalue weighted by Crippen LogP contribution is -2.10. The second-order valence-electron chi connectivity index (χ2n) is 5.64. The fraction of sp³-hybridized carbons (Fsp3) is 0.167. The summed E-state index contributed by atoms with van der Waals surface area (Å²) in [6.45, 7) is 1.56. The number of halogens is 5. The molecular weight excluding hydrogens is 406 g/mol. The Morgan fingerprint density at radius 1 is 1.19 bits per heavy atom. The molecule has 0 bridgehead atoms. The van der Waals surface area contributed by atoms with Gasteiger partial charge in [0.2, 0.25) is 0 Å². The molecule has 0 unspecified atom stereocenters. The first-order valence-electron chi connectivity index (χ1n) is 7.72. The zero-order valence-corrected chi connectivity index (χ0v) is 15.3. The average Bonchev–Trinajstić information content (AvgIpc) is 2.90. The highest BCUT2D eigenvalue weighted by Gasteiger charge is 2.35. The van der Waals surface area contributed by atoms with Crippen LogP contribution in [0.5, 0.6) is 0 Å². The first-order chi connectivity index (χ1) is 12.6. The molecule has 1 N–H and O–H groups in total. The highest BCUT2D eigenvalue weighted by molar-refractivity contribution is 6.36. The minimum atomic E-state index is -4.72. The van der Waals surface area contributed by atoms with E-state index in [1.54, 1.807) is 6.92 Å². The number of hydrogen-bond donors (Lipinski definition) is 1. The van der Waals surface area contributed by atoms with Gasteiger partial charge in [-0.3, -0.25) is 0 Å². The van der Waals surface area contributed by atoms with E-state index in [4.69, 9.17) is 27.9 Å². The van der Waals surface area contributed by atoms with Crippen molar-refractivity contribution in [1.29, 1.82) is 0 Å². The molecule has 4 nitrogen and oxygen atoms in total. The van der Waals surface area contributed by atoms with Gasteiger partial charge in [0.1, 0.15) is 0 Å². The fourth-order valence-corrected chi connectivity index (χ4v) is 3.27. The van der Waals surface area contributed by atoms with E-state index in [2.05, 4.69) is 0 Å². The number of esters is 1. The molecule has 0 amide bonds. The minimum absolute atomic E-state index is 0.0120. The van der Waals surface area contributed by atoms with Crippen molar-refractivity contribution in [3.63, 3.8) is 0 Å². The summed E-state index contributed by atoms with van der Waals surface area (Å²) in [4.78, 5) is 11.9. The van der Waals surface area contributed by atoms with Gasteiger partial charge in [-0.25, -0.2) is 4.79 Å². The number of ether oxygens (including phenoxy) is 1. The Kier molecular flexibility index (Phi) is 5.01. The lowest BCUT2D eigenvalue weighted by atomic mass is 9.99. The van der Waals surface area contributed by atoms with Gasteiger partial charge in [-0.1, -0.05) is 29.3 Å². The third-order valence-corrected chi connectivity index (χ3v) is 4.48. The molecule has 0 saturated heterocycles. The number of carbonyl (C=O) groups is 1. The maximum atomic E-state index is 13.6. The molecule has 0 fully saturated rings. The monoisotopic (exact) mass is 417 g/mol. The van der Waals surface area contributed by atoms with Crippen LogP contribution in [0.3, 0.4) is 0 Å². The number of benzene rings is 2. The predicted molar refractivity (Wildman–Crippen MR) is 95.5 cm³/mol. The molecule has 0 aliphatic rings. The number of carbonyl (C=O) groups excluding carboxylic acids is 1. The molecule has 0 aliphatic carbocycles. The van der Waals surface area contributed by atoms with Gasteiger partial charge in [0, 0.05) is 21.0 Å². The molecule has 0 radical (unpaired) electrons. The predicted octanol–water partition coefficient (Wildman–Crippen LogP) is 6.05. The third kappa shape index (κ3) is 3.57. The average molecular weight is 418 g/mol. The molecular formula is C18H12Cl2F3NO3. The van der Waals surface area contributed by atoms with E-state index in [0.717, 1.165) is 12.1 Å². The summed E-state index contributed by atoms with van der Waals surface area (Å²) in [5.74, 6) is -0.935. The van der Waals surface area contributed by atoms with Crippen molar-refractivity contribution in [3.8, 4) is 11.1 Å². The molecule has 0 atom stereocenters. The second kappa shape index (κ2) is 6.98. The summed E-state index contributed by atoms with van der Waals surface area (Å²) >= 11 is 11.9. The van der Waals surface area contributed by atoms with Crippen LogP contribution in [-0.2, 0) is 10.9 Å². The third-order valence-electron chi connectivity index (χ3n) is 3.93. The van der Waals surface area contributed by atoms with Gasteiger partial charge in [0.05, 0.1) is 17.7 Å². The quantitative estimate of drug-likeness (QED) is 0.416. The van der Waals surface area contributed by atoms with E-state index in [9.17, 15) is 23.2 Å². The van der Waals surface area contributed by atoms with Crippen molar-refractivity contribution in [3.05, 3.63) is 57.7 Å². The topological polar surface area (TPSA) is 51.5 Å². The van der Waals surface area contributed by atoms with Crippen LogP contribution in [0, 0.1) is 0 Å². The molecule has 1 aromatic heterocycles. The fourth-order valence-electron chi connectivity index (χ4n) is 2.76. The number of aromatic nitrogens is 1. The first kappa shape index (κ1) is 19.4. The number of fused-ring (bicyclic) bond motifs is 1. The molecule has 1 heterocycles. The Morgan fingerprint density at radius 3 is 2.48 bits per heavy atom. The van der Waals surface area contributed by atoms with Crippen LogP contribution in [-0.4, -0.2) is 22.5 Å². The van der Waals surface area contributed by atoms with Crippen LogP contribution >= 0.6 is 23.2 Å². The van der Waals surface area contributed by atoms with Crippen LogP contribution in [0.25, 0.3) is 22.0 Å². The number of nitrogens with zero attached hydrogens (tertiary/aromatic N) is 1. The van der Waals surface area contributed by atoms with Crippen LogP contribution in [0.1, 0.15) is 23.0 Å². The van der Waals surface area contributed by atoms with Crippen molar-refractivity contribution in [1.82, 2.24) is 4.73 Å². The second-order valence-corrected chi connectivity index (χ2v) is 6.48. The largest absolute Gasteiger partial charge is 0.461 e. The summed E-state index contributed by atoms with van der Waals surface area (Å²) < 4.78 is 46.0. The van der Waals surface area contributed by atoms with E-state index in [0.29, 0.717) is 15.3 Å². The Balaban J connectivity index is 2.32. The van der Waals surface area contributed by atoms with Crippen molar-refractivity contribution in [2.24, 2.45) is 0 Å². The van der Waals surface area contributed by atoms with E-state index in [1.807, 2.05) is 0 Å². The molecule has 3 rings (SSSR count). The van der Waals surface area contributed by atoms with Gasteiger partial charge in [0.15, 0.2) is 5.69 Å². The van der Waals surface area contributed by atoms with Crippen LogP contribution in [0.4, 0.5) is 13.2 Å². The van der Waals surface area contributed by atoms with Crippen LogP contribution in [0.15, 0.2) is 36.4 Å². The zero-order valence-electron chi connectivity index (χ0n) is 13.8. The standard InChI is InChI=1S/C18H12Cl2F3NO3/c1-2-27-17(25)16-8-12-13(18(21,22)23)5-9(6-15(12)24(16)26)11-4-3-10(19)7-14(11)20/h3-8,26H,2H2,1H3. The Labute approximate surface area is 161 Å². The van der Waals surface area contributed by atoms with Crippen molar-refractivity contribution >= 4 is 40.1 Å². The van der Waals surface area contributed by atoms with Gasteiger partial charge in [-0.05, 0) is 42.8 Å². The maximum absolute atomic E-state index is 13.6. The molecule has 9 heteroatoms. The highest BCUT2D eigenvalue weighted by Crippen LogP contribution is 2.40. The van der Waals surface area contributed by atoms with E-state index in [1.165, 1.54) is 24.3 Å². The van der Waals surface area contributed by atoms with E-state index < -0.39 is 23.4 Å². The van der Waals surface area contributed by atoms with Gasteiger partial charge < -0.3 is 9.94 Å². The van der Waals surface area contributed by atoms with Crippen molar-refractivity contribution in [2.45, 2.75) is 13.1 Å². The SMILES string of the molecule is CCOC(=O)c1cc2c(C(F)(F)F)cc(-c3ccc(Cl)cc3Cl)cc2n1O. The maximum Gasteiger partial charge on any atom is 0.417 e. The van der Waals surface area contributed by atoms with Gasteiger partial charge in [-0.15, -0.1) is 0 Å². The molecule has 2 aromatic carbocycles. The molecule has 0 aliphatic heterocycles. The van der Waals surface area contributed by atoms with Gasteiger partial charge in [0.25, 0.3) is 0 Å². The molecule has 27 heavy (non-hydrogen) atoms. The van der Waals surface area contributed by atoms with Gasteiger partial charge in [-0.2, -0.15) is 17.9 Å². The molecule has 3 aromatic rings. The lowest BCUT2D eigenvalue weighted by Gasteiger charge is -2.12. The smallest absolute Gasteiger partial charge is 0.417 e. The number of hydrogen-bond acceptors (Lipinski definition) is 3. The Morgan fingerprint density at radius 2 is 1.89 bits per heavy atom. The summed E-state index contributed by atoms with van der Waals surface area (Å²) in [7, 11) is 0. The summed E-state index contributed by atoms with van der Waals surface area (Å²) in [6, 6.07) is 7.53. The highest BCUT2D eigenvalue weighted by atomic mass is 35.5. The summed E-state index contributed by atoms with van der Waals surface area (Å²) in [6.07, 6.45) is -4.72. The van der Waals surface area contributed by atoms with E-state index in [-0.39, 0.29) is 28.1 Å². The van der Waals surface area contributed by atoms with Crippen LogP contribution < -0.4 is 0 Å². The number of alkyl halides is 3. The van der Waals surface area contributed by atoms with Crippen molar-refractivity contribution < 1.29 is 27.9 Å². The first-order valence-corrected chi connectivity index (χ1v) is 8.47. The molecule has 0 spiro atoms. The molecule has 142 valence electrons. The normalized spacial score (nSPS) is 11.8. The minimum Gasteiger partial charge on any atom is -0.461 e. The van der Waals surface area contributed by atoms with Crippen molar-refractivity contribution in [2.75, 3.05) is 6.61 Å². The number of rotatable bonds is 3. The summed E-state index contributed by atoms with van der Waals surface area (Å²) in [5, 5.41) is 10.4. The Hall–Kier alpha value is -2.38. The summed E-state index contributed by atoms with van der Waals surface area (Å²) in [5.41, 5.74) is -1.21. The lowest BCUT2D eigenvalue weighted by molar-refractivity contribution is -0.136. The van der Waals surface area contributed by atoms with Crippen LogP contribution in [0.2, 0.25) is 10.0 Å². The van der Waals surface area contributed by atoms with Gasteiger partial charge >= 0.3 is 12.1 Å².